The Hall–Kier alpha value is -1.79. The van der Waals surface area contributed by atoms with Gasteiger partial charge in [-0.25, -0.2) is 0 Å². The fraction of sp³-hybridized carbons (Fsp3) is 0.857. The van der Waals surface area contributed by atoms with Gasteiger partial charge in [-0.2, -0.15) is 21.6 Å². The molecule has 0 aromatic rings. The van der Waals surface area contributed by atoms with Gasteiger partial charge in [0.1, 0.15) is 18.8 Å². The SMILES string of the molecule is CC[Si](CC)(CC)OCCO[C@@H]1O[C@H](COC(C)=O)[C@H](OS(=O)(=O)C(F)(F)F)[C@H](OC(C)=O)[C@H]1OC(C)=O. The lowest BCUT2D eigenvalue weighted by Gasteiger charge is -2.44. The number of esters is 3. The highest BCUT2D eigenvalue weighted by molar-refractivity contribution is 7.87. The van der Waals surface area contributed by atoms with Crippen LogP contribution in [0.4, 0.5) is 13.2 Å². The summed E-state index contributed by atoms with van der Waals surface area (Å²) in [6.45, 7) is 8.06. The molecule has 1 aliphatic rings. The lowest BCUT2D eigenvalue weighted by molar-refractivity contribution is -0.303. The normalized spacial score (nSPS) is 24.5. The van der Waals surface area contributed by atoms with Crippen molar-refractivity contribution >= 4 is 36.3 Å². The number of hydrogen-bond donors (Lipinski definition) is 0. The fourth-order valence-corrected chi connectivity index (χ4v) is 7.05. The Morgan fingerprint density at radius 3 is 1.82 bits per heavy atom. The Morgan fingerprint density at radius 1 is 0.842 bits per heavy atom. The van der Waals surface area contributed by atoms with Gasteiger partial charge in [0.2, 0.25) is 0 Å². The van der Waals surface area contributed by atoms with Crippen LogP contribution in [-0.4, -0.2) is 90.7 Å². The summed E-state index contributed by atoms with van der Waals surface area (Å²) in [7, 11) is -8.26. The van der Waals surface area contributed by atoms with E-state index in [0.29, 0.717) is 0 Å². The van der Waals surface area contributed by atoms with E-state index in [9.17, 15) is 36.0 Å². The van der Waals surface area contributed by atoms with Crippen LogP contribution in [0.2, 0.25) is 18.1 Å². The van der Waals surface area contributed by atoms with Crippen molar-refractivity contribution in [2.75, 3.05) is 19.8 Å². The Kier molecular flexibility index (Phi) is 13.1. The lowest BCUT2D eigenvalue weighted by atomic mass is 9.98. The van der Waals surface area contributed by atoms with Crippen LogP contribution in [0, 0.1) is 0 Å². The molecule has 1 saturated heterocycles. The van der Waals surface area contributed by atoms with E-state index in [-0.39, 0.29) is 13.2 Å². The van der Waals surface area contributed by atoms with Crippen LogP contribution in [0.25, 0.3) is 0 Å². The first-order valence-corrected chi connectivity index (χ1v) is 15.8. The molecule has 0 bridgehead atoms. The van der Waals surface area contributed by atoms with Gasteiger partial charge in [-0.1, -0.05) is 20.8 Å². The third-order valence-corrected chi connectivity index (χ3v) is 11.6. The summed E-state index contributed by atoms with van der Waals surface area (Å²) >= 11 is 0. The van der Waals surface area contributed by atoms with E-state index < -0.39 is 79.2 Å². The van der Waals surface area contributed by atoms with Crippen LogP contribution in [-0.2, 0) is 56.8 Å². The molecule has 0 saturated carbocycles. The van der Waals surface area contributed by atoms with E-state index in [4.69, 9.17) is 28.1 Å². The molecule has 222 valence electrons. The highest BCUT2D eigenvalue weighted by atomic mass is 32.2. The number of rotatable bonds is 14. The van der Waals surface area contributed by atoms with E-state index in [1.165, 1.54) is 0 Å². The zero-order chi connectivity index (χ0) is 29.3. The van der Waals surface area contributed by atoms with E-state index >= 15 is 0 Å². The topological polar surface area (TPSA) is 150 Å². The van der Waals surface area contributed by atoms with Gasteiger partial charge in [-0.3, -0.25) is 18.6 Å². The van der Waals surface area contributed by atoms with Gasteiger partial charge >= 0.3 is 33.5 Å². The highest BCUT2D eigenvalue weighted by Crippen LogP contribution is 2.34. The van der Waals surface area contributed by atoms with Gasteiger partial charge in [-0.05, 0) is 18.1 Å². The molecule has 5 atom stereocenters. The van der Waals surface area contributed by atoms with E-state index in [2.05, 4.69) is 4.18 Å². The molecule has 1 fully saturated rings. The first kappa shape index (κ1) is 34.2. The number of halogens is 3. The quantitative estimate of drug-likeness (QED) is 0.0723. The molecule has 1 rings (SSSR count). The lowest BCUT2D eigenvalue weighted by Crippen LogP contribution is -2.63. The predicted octanol–water partition coefficient (Wildman–Crippen LogP) is 2.41. The summed E-state index contributed by atoms with van der Waals surface area (Å²) in [4.78, 5) is 35.0. The summed E-state index contributed by atoms with van der Waals surface area (Å²) < 4.78 is 99.7. The van der Waals surface area contributed by atoms with Crippen molar-refractivity contribution in [3.8, 4) is 0 Å². The zero-order valence-corrected chi connectivity index (χ0v) is 23.9. The number of alkyl halides is 3. The van der Waals surface area contributed by atoms with Crippen LogP contribution in [0.5, 0.6) is 0 Å². The molecule has 0 aliphatic carbocycles. The highest BCUT2D eigenvalue weighted by Gasteiger charge is 2.57. The molecule has 12 nitrogen and oxygen atoms in total. The van der Waals surface area contributed by atoms with Gasteiger partial charge in [0.05, 0.1) is 13.2 Å². The average Bonchev–Trinajstić information content (AvgIpc) is 2.80. The summed E-state index contributed by atoms with van der Waals surface area (Å²) in [6.07, 6.45) is -9.26. The van der Waals surface area contributed by atoms with Crippen molar-refractivity contribution in [3.63, 3.8) is 0 Å². The van der Waals surface area contributed by atoms with Crippen molar-refractivity contribution in [2.24, 2.45) is 0 Å². The van der Waals surface area contributed by atoms with Crippen LogP contribution in [0.1, 0.15) is 41.5 Å². The summed E-state index contributed by atoms with van der Waals surface area (Å²) in [5.41, 5.74) is -5.85. The van der Waals surface area contributed by atoms with E-state index in [0.717, 1.165) is 38.9 Å². The van der Waals surface area contributed by atoms with Crippen LogP contribution >= 0.6 is 0 Å². The monoisotopic (exact) mass is 596 g/mol. The van der Waals surface area contributed by atoms with E-state index in [1.807, 2.05) is 20.8 Å². The van der Waals surface area contributed by atoms with Gasteiger partial charge in [0.25, 0.3) is 0 Å². The second kappa shape index (κ2) is 14.6. The van der Waals surface area contributed by atoms with Gasteiger partial charge in [-0.15, -0.1) is 0 Å². The van der Waals surface area contributed by atoms with E-state index in [1.54, 1.807) is 0 Å². The van der Waals surface area contributed by atoms with Crippen molar-refractivity contribution in [1.82, 2.24) is 0 Å². The molecule has 0 spiro atoms. The largest absolute Gasteiger partial charge is 0.523 e. The number of carbonyl (C=O) groups excluding carboxylic acids is 3. The molecule has 0 N–H and O–H groups in total. The second-order valence-electron chi connectivity index (χ2n) is 8.42. The molecule has 1 heterocycles. The Morgan fingerprint density at radius 2 is 1.37 bits per heavy atom. The molecule has 0 radical (unpaired) electrons. The molecule has 17 heteroatoms. The molecule has 0 aromatic carbocycles. The molecule has 0 amide bonds. The van der Waals surface area contributed by atoms with Gasteiger partial charge < -0.3 is 28.1 Å². The van der Waals surface area contributed by atoms with Crippen LogP contribution < -0.4 is 0 Å². The Labute approximate surface area is 220 Å². The van der Waals surface area contributed by atoms with Crippen molar-refractivity contribution in [2.45, 2.75) is 95.9 Å². The summed E-state index contributed by atoms with van der Waals surface area (Å²) in [5, 5.41) is 0. The van der Waals surface area contributed by atoms with Crippen molar-refractivity contribution < 1.29 is 68.3 Å². The Bertz CT molecular complexity index is 901. The Balaban J connectivity index is 3.36. The smallest absolute Gasteiger partial charge is 0.463 e. The first-order chi connectivity index (χ1) is 17.5. The second-order valence-corrected chi connectivity index (χ2v) is 14.8. The van der Waals surface area contributed by atoms with Crippen molar-refractivity contribution in [3.05, 3.63) is 0 Å². The minimum absolute atomic E-state index is 0.101. The zero-order valence-electron chi connectivity index (χ0n) is 22.1. The predicted molar refractivity (Wildman–Crippen MR) is 125 cm³/mol. The van der Waals surface area contributed by atoms with Crippen LogP contribution in [0.3, 0.4) is 0 Å². The summed E-state index contributed by atoms with van der Waals surface area (Å²) in [6, 6.07) is 2.55. The third-order valence-electron chi connectivity index (χ3n) is 5.87. The van der Waals surface area contributed by atoms with Gasteiger partial charge in [0, 0.05) is 20.8 Å². The first-order valence-electron chi connectivity index (χ1n) is 11.9. The maximum absolute atomic E-state index is 13.1. The number of carbonyl (C=O) groups is 3. The molecule has 0 unspecified atom stereocenters. The fourth-order valence-electron chi connectivity index (χ4n) is 3.78. The molecule has 0 aromatic heterocycles. The standard InChI is InChI=1S/C21H35F3O12SSi/c1-7-38(8-2,9-3)32-11-10-30-20-19(34-15(6)27)18(33-14(5)26)17(16(35-20)12-31-13(4)25)36-37(28,29)21(22,23)24/h16-20H,7-12H2,1-6H3/t16-,17+,18+,19-,20-/m1/s1. The molecule has 1 aliphatic heterocycles. The molecular weight excluding hydrogens is 561 g/mol. The third kappa shape index (κ3) is 9.75. The molecule has 38 heavy (non-hydrogen) atoms. The minimum atomic E-state index is -6.26. The maximum Gasteiger partial charge on any atom is 0.523 e. The van der Waals surface area contributed by atoms with Gasteiger partial charge in [0.15, 0.2) is 26.8 Å². The maximum atomic E-state index is 13.1. The van der Waals surface area contributed by atoms with Crippen LogP contribution in [0.15, 0.2) is 0 Å². The minimum Gasteiger partial charge on any atom is -0.463 e. The number of hydrogen-bond acceptors (Lipinski definition) is 12. The molecular formula is C21H35F3O12SSi. The number of ether oxygens (including phenoxy) is 5. The van der Waals surface area contributed by atoms with Crippen molar-refractivity contribution in [1.29, 1.82) is 0 Å². The average molecular weight is 597 g/mol. The summed E-state index contributed by atoms with van der Waals surface area (Å²) in [5.74, 6) is -2.90.